The Labute approximate surface area is 81.8 Å². The lowest BCUT2D eigenvalue weighted by Crippen LogP contribution is -2.09. The van der Waals surface area contributed by atoms with E-state index >= 15 is 0 Å². The monoisotopic (exact) mass is 295 g/mol. The average Bonchev–Trinajstić information content (AvgIpc) is 1.90. The zero-order chi connectivity index (χ0) is 9.11. The average molecular weight is 295 g/mol. The maximum atomic E-state index is 9.56. The van der Waals surface area contributed by atoms with E-state index in [1.807, 2.05) is 22.6 Å². The molecule has 1 atom stereocenters. The van der Waals surface area contributed by atoms with Gasteiger partial charge in [0, 0.05) is 0 Å². The van der Waals surface area contributed by atoms with Gasteiger partial charge >= 0.3 is 8.25 Å². The fraction of sp³-hybridized carbons (Fsp3) is 1.00. The lowest BCUT2D eigenvalue weighted by molar-refractivity contribution is 0.338. The molecule has 0 amide bonds. The van der Waals surface area contributed by atoms with Crippen LogP contribution >= 0.6 is 30.8 Å². The van der Waals surface area contributed by atoms with E-state index in [2.05, 4.69) is 23.7 Å². The van der Waals surface area contributed by atoms with Crippen LogP contribution in [0.15, 0.2) is 0 Å². The van der Waals surface area contributed by atoms with E-state index in [9.17, 15) is 4.57 Å². The first kappa shape index (κ1) is 14.4. The molecule has 0 fully saturated rings. The Morgan fingerprint density at radius 2 is 2.00 bits per heavy atom. The lowest BCUT2D eigenvalue weighted by Gasteiger charge is -1.86. The molecule has 0 bridgehead atoms. The SMILES string of the molecule is CCNCC.O=[PH](O)OCI. The van der Waals surface area contributed by atoms with Crippen molar-refractivity contribution in [2.45, 2.75) is 13.8 Å². The first-order valence-electron chi connectivity index (χ1n) is 3.31. The summed E-state index contributed by atoms with van der Waals surface area (Å²) in [6.07, 6.45) is 0. The number of halogens is 1. The summed E-state index contributed by atoms with van der Waals surface area (Å²) in [4.78, 5) is 7.87. The molecule has 0 aromatic heterocycles. The number of hydrogen-bond acceptors (Lipinski definition) is 3. The summed E-state index contributed by atoms with van der Waals surface area (Å²) in [5.74, 6) is 0. The zero-order valence-electron chi connectivity index (χ0n) is 6.76. The maximum Gasteiger partial charge on any atom is 0.317 e. The van der Waals surface area contributed by atoms with E-state index in [-0.39, 0.29) is 4.61 Å². The Morgan fingerprint density at radius 1 is 1.55 bits per heavy atom. The predicted octanol–water partition coefficient (Wildman–Crippen LogP) is 1.39. The van der Waals surface area contributed by atoms with Crippen LogP contribution in [0.3, 0.4) is 0 Å². The molecule has 0 aromatic carbocycles. The van der Waals surface area contributed by atoms with E-state index in [1.54, 1.807) is 0 Å². The minimum absolute atomic E-state index is 0.284. The van der Waals surface area contributed by atoms with Crippen LogP contribution < -0.4 is 5.32 Å². The molecule has 6 heteroatoms. The molecule has 0 heterocycles. The van der Waals surface area contributed by atoms with Crippen molar-refractivity contribution >= 4 is 30.8 Å². The fourth-order valence-electron chi connectivity index (χ4n) is 0.297. The Bertz CT molecular complexity index is 91.8. The van der Waals surface area contributed by atoms with Crippen LogP contribution in [-0.2, 0) is 9.09 Å². The van der Waals surface area contributed by atoms with Gasteiger partial charge in [0.05, 0.1) is 0 Å². The van der Waals surface area contributed by atoms with Gasteiger partial charge in [-0.1, -0.05) is 36.4 Å². The summed E-state index contributed by atoms with van der Waals surface area (Å²) >= 11 is 1.85. The highest BCUT2D eigenvalue weighted by atomic mass is 127. The second kappa shape index (κ2) is 13.4. The topological polar surface area (TPSA) is 58.6 Å². The van der Waals surface area contributed by atoms with Gasteiger partial charge in [-0.25, -0.2) is 0 Å². The molecular weight excluding hydrogens is 280 g/mol. The summed E-state index contributed by atoms with van der Waals surface area (Å²) in [5, 5.41) is 3.11. The van der Waals surface area contributed by atoms with Crippen LogP contribution in [-0.4, -0.2) is 22.6 Å². The van der Waals surface area contributed by atoms with Crippen molar-refractivity contribution in [2.24, 2.45) is 0 Å². The van der Waals surface area contributed by atoms with E-state index in [0.29, 0.717) is 0 Å². The molecule has 0 aliphatic carbocycles. The predicted molar refractivity (Wildman–Crippen MR) is 55.4 cm³/mol. The summed E-state index contributed by atoms with van der Waals surface area (Å²) in [6, 6.07) is 0. The molecule has 2 N–H and O–H groups in total. The van der Waals surface area contributed by atoms with E-state index in [0.717, 1.165) is 13.1 Å². The molecule has 4 nitrogen and oxygen atoms in total. The zero-order valence-corrected chi connectivity index (χ0v) is 9.92. The van der Waals surface area contributed by atoms with Crippen LogP contribution in [0.1, 0.15) is 13.8 Å². The minimum atomic E-state index is -2.64. The van der Waals surface area contributed by atoms with Crippen molar-refractivity contribution in [3.8, 4) is 0 Å². The van der Waals surface area contributed by atoms with Gasteiger partial charge in [0.1, 0.15) is 4.61 Å². The van der Waals surface area contributed by atoms with Crippen molar-refractivity contribution in [2.75, 3.05) is 17.7 Å². The van der Waals surface area contributed by atoms with Gasteiger partial charge in [-0.05, 0) is 13.1 Å². The molecule has 0 saturated heterocycles. The largest absolute Gasteiger partial charge is 0.326 e. The molecule has 0 aromatic rings. The lowest BCUT2D eigenvalue weighted by atomic mass is 10.7. The Balaban J connectivity index is 0. The van der Waals surface area contributed by atoms with Gasteiger partial charge in [-0.3, -0.25) is 4.57 Å². The van der Waals surface area contributed by atoms with Gasteiger partial charge in [-0.15, -0.1) is 0 Å². The van der Waals surface area contributed by atoms with Gasteiger partial charge < -0.3 is 14.7 Å². The van der Waals surface area contributed by atoms with E-state index in [4.69, 9.17) is 4.89 Å². The van der Waals surface area contributed by atoms with Crippen LogP contribution in [0.2, 0.25) is 0 Å². The van der Waals surface area contributed by atoms with Crippen molar-refractivity contribution in [3.63, 3.8) is 0 Å². The second-order valence-corrected chi connectivity index (χ2v) is 2.92. The molecule has 0 saturated carbocycles. The van der Waals surface area contributed by atoms with Gasteiger partial charge in [0.15, 0.2) is 0 Å². The second-order valence-electron chi connectivity index (χ2n) is 1.48. The number of hydrogen-bond donors (Lipinski definition) is 2. The van der Waals surface area contributed by atoms with Crippen LogP contribution in [0.25, 0.3) is 0 Å². The molecular formula is C5H15INO3P. The quantitative estimate of drug-likeness (QED) is 0.467. The molecule has 0 aliphatic rings. The number of nitrogens with one attached hydrogen (secondary N) is 1. The van der Waals surface area contributed by atoms with E-state index < -0.39 is 8.25 Å². The van der Waals surface area contributed by atoms with Crippen molar-refractivity contribution in [3.05, 3.63) is 0 Å². The number of alkyl halides is 1. The normalized spacial score (nSPS) is 11.6. The summed E-state index contributed by atoms with van der Waals surface area (Å²) in [6.45, 7) is 6.39. The number of rotatable bonds is 4. The highest BCUT2D eigenvalue weighted by Gasteiger charge is 1.82. The Morgan fingerprint density at radius 3 is 2.00 bits per heavy atom. The third-order valence-electron chi connectivity index (χ3n) is 0.678. The highest BCUT2D eigenvalue weighted by molar-refractivity contribution is 14.1. The molecule has 0 rings (SSSR count). The molecule has 0 aliphatic heterocycles. The van der Waals surface area contributed by atoms with Crippen molar-refractivity contribution in [1.82, 2.24) is 5.32 Å². The first-order valence-corrected chi connectivity index (χ1v) is 6.10. The minimum Gasteiger partial charge on any atom is -0.326 e. The van der Waals surface area contributed by atoms with E-state index in [1.165, 1.54) is 0 Å². The summed E-state index contributed by atoms with van der Waals surface area (Å²) in [5.41, 5.74) is 0. The molecule has 0 spiro atoms. The maximum absolute atomic E-state index is 9.56. The standard InChI is InChI=1S/C4H11N.CH4IO3P/c1-3-5-4-2;2-1-5-6(3)4/h5H,3-4H2,1-2H3;6H,1H2,(H,3,4). The summed E-state index contributed by atoms with van der Waals surface area (Å²) < 4.78 is 14.0. The van der Waals surface area contributed by atoms with Crippen LogP contribution in [0.4, 0.5) is 0 Å². The first-order chi connectivity index (χ1) is 5.18. The van der Waals surface area contributed by atoms with Gasteiger partial charge in [-0.2, -0.15) is 0 Å². The molecule has 0 radical (unpaired) electrons. The third-order valence-corrected chi connectivity index (χ3v) is 1.97. The van der Waals surface area contributed by atoms with Crippen molar-refractivity contribution < 1.29 is 14.0 Å². The third kappa shape index (κ3) is 24.8. The molecule has 11 heavy (non-hydrogen) atoms. The molecule has 70 valence electrons. The smallest absolute Gasteiger partial charge is 0.317 e. The highest BCUT2D eigenvalue weighted by Crippen LogP contribution is 2.14. The van der Waals surface area contributed by atoms with Gasteiger partial charge in [0.25, 0.3) is 0 Å². The Kier molecular flexibility index (Phi) is 17.5. The fourth-order valence-corrected chi connectivity index (χ4v) is 1.19. The van der Waals surface area contributed by atoms with Gasteiger partial charge in [0.2, 0.25) is 0 Å². The van der Waals surface area contributed by atoms with Crippen LogP contribution in [0, 0.1) is 0 Å². The Hall–Kier alpha value is 0.840. The molecule has 1 unspecified atom stereocenters. The van der Waals surface area contributed by atoms with Crippen molar-refractivity contribution in [1.29, 1.82) is 0 Å². The summed E-state index contributed by atoms with van der Waals surface area (Å²) in [7, 11) is -2.64. The van der Waals surface area contributed by atoms with Crippen LogP contribution in [0.5, 0.6) is 0 Å².